The van der Waals surface area contributed by atoms with Gasteiger partial charge in [0.2, 0.25) is 5.52 Å². The average Bonchev–Trinajstić information content (AvgIpc) is 3.31. The third-order valence-corrected chi connectivity index (χ3v) is 7.61. The zero-order chi connectivity index (χ0) is 19.8. The van der Waals surface area contributed by atoms with E-state index in [0.717, 1.165) is 13.1 Å². The van der Waals surface area contributed by atoms with Crippen LogP contribution in [0, 0.1) is 0 Å². The number of fused-ring (bicyclic) bond motifs is 4. The first-order chi connectivity index (χ1) is 14.3. The van der Waals surface area contributed by atoms with Gasteiger partial charge in [-0.25, -0.2) is 0 Å². The summed E-state index contributed by atoms with van der Waals surface area (Å²) in [6, 6.07) is 21.8. The summed E-state index contributed by atoms with van der Waals surface area (Å²) in [7, 11) is 0. The molecule has 1 aliphatic rings. The zero-order valence-corrected chi connectivity index (χ0v) is 18.3. The number of anilines is 1. The van der Waals surface area contributed by atoms with Crippen LogP contribution in [0.2, 0.25) is 0 Å². The standard InChI is InChI=1S/C25H23N2S2/c1-3-26-20-12-7-8-13-21(20)28-23(26)14-9-15-24-27(4-2)25-19-11-6-5-10-18(19)16-17-22(25)29-24/h5-17H,3-4H2,1-2H3/q+1. The second kappa shape index (κ2) is 7.69. The number of aryl methyl sites for hydroxylation is 1. The Hall–Kier alpha value is -2.56. The fraction of sp³-hybridized carbons (Fsp3) is 0.160. The molecule has 0 amide bonds. The fourth-order valence-corrected chi connectivity index (χ4v) is 6.32. The van der Waals surface area contributed by atoms with Crippen LogP contribution in [0.25, 0.3) is 27.1 Å². The first kappa shape index (κ1) is 18.5. The van der Waals surface area contributed by atoms with Gasteiger partial charge in [0.1, 0.15) is 11.2 Å². The number of rotatable bonds is 4. The number of thiazole rings is 1. The Balaban J connectivity index is 1.53. The van der Waals surface area contributed by atoms with Crippen molar-refractivity contribution < 1.29 is 4.57 Å². The lowest BCUT2D eigenvalue weighted by Gasteiger charge is -2.17. The third-order valence-electron chi connectivity index (χ3n) is 5.36. The van der Waals surface area contributed by atoms with E-state index in [0.29, 0.717) is 0 Å². The van der Waals surface area contributed by atoms with Gasteiger partial charge in [0.25, 0.3) is 5.01 Å². The van der Waals surface area contributed by atoms with Crippen molar-refractivity contribution >= 4 is 55.9 Å². The van der Waals surface area contributed by atoms with E-state index in [4.69, 9.17) is 0 Å². The summed E-state index contributed by atoms with van der Waals surface area (Å²) >= 11 is 3.72. The van der Waals surface area contributed by atoms with E-state index < -0.39 is 0 Å². The minimum Gasteiger partial charge on any atom is -0.335 e. The van der Waals surface area contributed by atoms with Crippen LogP contribution >= 0.6 is 23.1 Å². The molecule has 0 bridgehead atoms. The Morgan fingerprint density at radius 3 is 2.66 bits per heavy atom. The van der Waals surface area contributed by atoms with Crippen LogP contribution in [-0.2, 0) is 6.54 Å². The fourth-order valence-electron chi connectivity index (χ4n) is 4.03. The number of allylic oxidation sites excluding steroid dienone is 2. The van der Waals surface area contributed by atoms with Crippen molar-refractivity contribution in [2.24, 2.45) is 0 Å². The van der Waals surface area contributed by atoms with Crippen molar-refractivity contribution in [1.29, 1.82) is 0 Å². The average molecular weight is 416 g/mol. The zero-order valence-electron chi connectivity index (χ0n) is 16.6. The predicted molar refractivity (Wildman–Crippen MR) is 128 cm³/mol. The van der Waals surface area contributed by atoms with Gasteiger partial charge in [0.15, 0.2) is 0 Å². The van der Waals surface area contributed by atoms with Crippen LogP contribution < -0.4 is 9.47 Å². The van der Waals surface area contributed by atoms with Gasteiger partial charge in [-0.2, -0.15) is 4.57 Å². The first-order valence-electron chi connectivity index (χ1n) is 10.1. The number of benzene rings is 3. The largest absolute Gasteiger partial charge is 0.335 e. The predicted octanol–water partition coefficient (Wildman–Crippen LogP) is 6.85. The molecule has 144 valence electrons. The molecule has 4 heteroatoms. The minimum atomic E-state index is 0.964. The van der Waals surface area contributed by atoms with E-state index in [1.54, 1.807) is 0 Å². The Labute approximate surface area is 179 Å². The van der Waals surface area contributed by atoms with Crippen molar-refractivity contribution in [3.63, 3.8) is 0 Å². The lowest BCUT2D eigenvalue weighted by Crippen LogP contribution is -2.33. The summed E-state index contributed by atoms with van der Waals surface area (Å²) in [5, 5.41) is 5.22. The summed E-state index contributed by atoms with van der Waals surface area (Å²) < 4.78 is 3.78. The minimum absolute atomic E-state index is 0.964. The van der Waals surface area contributed by atoms with E-state index in [1.165, 1.54) is 41.6 Å². The Morgan fingerprint density at radius 1 is 0.966 bits per heavy atom. The Morgan fingerprint density at radius 2 is 1.79 bits per heavy atom. The van der Waals surface area contributed by atoms with E-state index in [9.17, 15) is 0 Å². The molecule has 0 spiro atoms. The molecule has 29 heavy (non-hydrogen) atoms. The van der Waals surface area contributed by atoms with Gasteiger partial charge >= 0.3 is 0 Å². The lowest BCUT2D eigenvalue weighted by molar-refractivity contribution is -0.664. The molecule has 2 nitrogen and oxygen atoms in total. The van der Waals surface area contributed by atoms with Gasteiger partial charge in [-0.05, 0) is 49.6 Å². The number of hydrogen-bond acceptors (Lipinski definition) is 3. The maximum atomic E-state index is 2.44. The monoisotopic (exact) mass is 415 g/mol. The normalized spacial score (nSPS) is 15.2. The molecule has 2 heterocycles. The molecule has 1 aromatic heterocycles. The summed E-state index contributed by atoms with van der Waals surface area (Å²) in [6.07, 6.45) is 6.71. The molecular formula is C25H23N2S2+. The summed E-state index contributed by atoms with van der Waals surface area (Å²) in [5.74, 6) is 0. The number of hydrogen-bond donors (Lipinski definition) is 0. The number of aromatic nitrogens is 1. The third kappa shape index (κ3) is 3.17. The van der Waals surface area contributed by atoms with Crippen LogP contribution in [0.15, 0.2) is 82.7 Å². The molecule has 0 atom stereocenters. The molecule has 0 fully saturated rings. The van der Waals surface area contributed by atoms with E-state index in [1.807, 2.05) is 23.1 Å². The molecule has 0 radical (unpaired) electrons. The van der Waals surface area contributed by atoms with Gasteiger partial charge in [-0.3, -0.25) is 0 Å². The molecule has 0 saturated heterocycles. The van der Waals surface area contributed by atoms with Gasteiger partial charge in [-0.15, -0.1) is 0 Å². The van der Waals surface area contributed by atoms with Gasteiger partial charge in [-0.1, -0.05) is 65.6 Å². The molecule has 1 aliphatic heterocycles. The number of para-hydroxylation sites is 1. The highest BCUT2D eigenvalue weighted by Gasteiger charge is 2.23. The Bertz CT molecular complexity index is 1270. The molecule has 5 rings (SSSR count). The van der Waals surface area contributed by atoms with Crippen molar-refractivity contribution in [2.45, 2.75) is 25.3 Å². The summed E-state index contributed by atoms with van der Waals surface area (Å²) in [5.41, 5.74) is 2.66. The molecule has 0 aliphatic carbocycles. The first-order valence-corrected chi connectivity index (χ1v) is 11.7. The number of nitrogens with zero attached hydrogens (tertiary/aromatic N) is 2. The van der Waals surface area contributed by atoms with Crippen molar-refractivity contribution in [1.82, 2.24) is 0 Å². The number of thioether (sulfide) groups is 1. The molecule has 0 unspecified atom stereocenters. The van der Waals surface area contributed by atoms with E-state index in [2.05, 4.69) is 102 Å². The maximum Gasteiger partial charge on any atom is 0.262 e. The molecule has 0 N–H and O–H groups in total. The quantitative estimate of drug-likeness (QED) is 0.337. The SMILES string of the molecule is CCN1/C(=C/C=C/c2sc3ccc4ccccc4c3[n+]2CC)Sc2ccccc21. The van der Waals surface area contributed by atoms with Gasteiger partial charge in [0, 0.05) is 17.5 Å². The van der Waals surface area contributed by atoms with Crippen LogP contribution in [0.5, 0.6) is 0 Å². The second-order valence-electron chi connectivity index (χ2n) is 7.00. The Kier molecular flexibility index (Phi) is 4.90. The topological polar surface area (TPSA) is 7.12 Å². The maximum absolute atomic E-state index is 2.44. The lowest BCUT2D eigenvalue weighted by atomic mass is 10.1. The highest BCUT2D eigenvalue weighted by molar-refractivity contribution is 8.03. The highest BCUT2D eigenvalue weighted by Crippen LogP contribution is 2.45. The smallest absolute Gasteiger partial charge is 0.262 e. The van der Waals surface area contributed by atoms with Gasteiger partial charge in [0.05, 0.1) is 16.1 Å². The molecule has 4 aromatic rings. The van der Waals surface area contributed by atoms with Crippen LogP contribution in [-0.4, -0.2) is 6.54 Å². The highest BCUT2D eigenvalue weighted by atomic mass is 32.2. The summed E-state index contributed by atoms with van der Waals surface area (Å²) in [4.78, 5) is 3.72. The van der Waals surface area contributed by atoms with Crippen LogP contribution in [0.4, 0.5) is 5.69 Å². The van der Waals surface area contributed by atoms with E-state index >= 15 is 0 Å². The summed E-state index contributed by atoms with van der Waals surface area (Å²) in [6.45, 7) is 6.38. The van der Waals surface area contributed by atoms with Crippen molar-refractivity contribution in [3.8, 4) is 0 Å². The molecule has 3 aromatic carbocycles. The van der Waals surface area contributed by atoms with Crippen molar-refractivity contribution in [3.05, 3.63) is 82.9 Å². The van der Waals surface area contributed by atoms with Crippen LogP contribution in [0.1, 0.15) is 18.9 Å². The van der Waals surface area contributed by atoms with Crippen LogP contribution in [0.3, 0.4) is 0 Å². The van der Waals surface area contributed by atoms with E-state index in [-0.39, 0.29) is 0 Å². The second-order valence-corrected chi connectivity index (χ2v) is 9.12. The van der Waals surface area contributed by atoms with Crippen molar-refractivity contribution in [2.75, 3.05) is 11.4 Å². The molecule has 0 saturated carbocycles. The molecular weight excluding hydrogens is 392 g/mol. The van der Waals surface area contributed by atoms with Gasteiger partial charge < -0.3 is 4.90 Å².